The number of nitrogens with one attached hydrogen (secondary N) is 1. The molecule has 3 aromatic rings. The number of benzene rings is 3. The molecule has 0 heterocycles. The molecule has 4 rings (SSSR count). The van der Waals surface area contributed by atoms with Crippen LogP contribution in [-0.2, 0) is 23.0 Å². The lowest BCUT2D eigenvalue weighted by Gasteiger charge is -2.26. The van der Waals surface area contributed by atoms with Crippen LogP contribution in [0.2, 0.25) is 0 Å². The normalized spacial score (nSPS) is 15.5. The van der Waals surface area contributed by atoms with Gasteiger partial charge in [-0.2, -0.15) is 0 Å². The van der Waals surface area contributed by atoms with Gasteiger partial charge < -0.3 is 5.32 Å². The number of anilines is 1. The summed E-state index contributed by atoms with van der Waals surface area (Å²) >= 11 is 0. The Labute approximate surface area is 196 Å². The maximum Gasteiger partial charge on any atom is 0.251 e. The monoisotopic (exact) mass is 462 g/mol. The fourth-order valence-corrected chi connectivity index (χ4v) is 5.23. The molecule has 1 aliphatic carbocycles. The highest BCUT2D eigenvalue weighted by atomic mass is 32.2. The lowest BCUT2D eigenvalue weighted by atomic mass is 9.87. The fraction of sp³-hybridized carbons (Fsp3) is 0.296. The predicted octanol–water partition coefficient (Wildman–Crippen LogP) is 5.08. The molecule has 1 aliphatic rings. The minimum absolute atomic E-state index is 0.0210. The molecule has 33 heavy (non-hydrogen) atoms. The molecule has 0 saturated heterocycles. The van der Waals surface area contributed by atoms with Crippen LogP contribution in [0.5, 0.6) is 0 Å². The van der Waals surface area contributed by atoms with Crippen molar-refractivity contribution >= 4 is 21.6 Å². The minimum atomic E-state index is -3.47. The quantitative estimate of drug-likeness (QED) is 0.556. The second-order valence-electron chi connectivity index (χ2n) is 8.85. The molecule has 0 aliphatic heterocycles. The van der Waals surface area contributed by atoms with Crippen LogP contribution in [0.3, 0.4) is 0 Å². The molecule has 1 N–H and O–H groups in total. The van der Waals surface area contributed by atoms with Crippen molar-refractivity contribution in [1.29, 1.82) is 0 Å². The van der Waals surface area contributed by atoms with Gasteiger partial charge in [-0.15, -0.1) is 0 Å². The summed E-state index contributed by atoms with van der Waals surface area (Å²) in [6.45, 7) is 4.18. The third kappa shape index (κ3) is 5.28. The number of nitrogens with zero attached hydrogens (tertiary/aromatic N) is 1. The van der Waals surface area contributed by atoms with Crippen molar-refractivity contribution in [3.05, 3.63) is 100 Å². The maximum absolute atomic E-state index is 12.9. The summed E-state index contributed by atoms with van der Waals surface area (Å²) < 4.78 is 26.4. The van der Waals surface area contributed by atoms with Gasteiger partial charge in [0, 0.05) is 5.56 Å². The van der Waals surface area contributed by atoms with Crippen LogP contribution < -0.4 is 9.62 Å². The van der Waals surface area contributed by atoms with Gasteiger partial charge in [0.25, 0.3) is 5.91 Å². The summed E-state index contributed by atoms with van der Waals surface area (Å²) in [5, 5.41) is 3.17. The summed E-state index contributed by atoms with van der Waals surface area (Å²) in [6, 6.07) is 21.1. The van der Waals surface area contributed by atoms with E-state index in [-0.39, 0.29) is 18.5 Å². The van der Waals surface area contributed by atoms with Crippen LogP contribution in [0.4, 0.5) is 5.69 Å². The molecular formula is C27H30N2O3S. The topological polar surface area (TPSA) is 66.5 Å². The molecular weight excluding hydrogens is 432 g/mol. The van der Waals surface area contributed by atoms with E-state index in [4.69, 9.17) is 0 Å². The van der Waals surface area contributed by atoms with Crippen molar-refractivity contribution in [3.8, 4) is 0 Å². The van der Waals surface area contributed by atoms with Crippen molar-refractivity contribution in [1.82, 2.24) is 5.32 Å². The van der Waals surface area contributed by atoms with Gasteiger partial charge in [-0.05, 0) is 85.2 Å². The molecule has 1 atom stereocenters. The van der Waals surface area contributed by atoms with E-state index in [2.05, 4.69) is 17.4 Å². The lowest BCUT2D eigenvalue weighted by molar-refractivity contribution is 0.0932. The fourth-order valence-electron chi connectivity index (χ4n) is 4.35. The largest absolute Gasteiger partial charge is 0.345 e. The van der Waals surface area contributed by atoms with Crippen molar-refractivity contribution in [2.75, 3.05) is 10.6 Å². The molecule has 5 nitrogen and oxygen atoms in total. The smallest absolute Gasteiger partial charge is 0.251 e. The molecule has 0 aromatic heterocycles. The summed E-state index contributed by atoms with van der Waals surface area (Å²) in [4.78, 5) is 12.9. The van der Waals surface area contributed by atoms with E-state index in [1.807, 2.05) is 56.3 Å². The zero-order chi connectivity index (χ0) is 23.6. The van der Waals surface area contributed by atoms with Crippen molar-refractivity contribution in [2.45, 2.75) is 45.7 Å². The first-order valence-electron chi connectivity index (χ1n) is 11.2. The predicted molar refractivity (Wildman–Crippen MR) is 133 cm³/mol. The zero-order valence-electron chi connectivity index (χ0n) is 19.3. The van der Waals surface area contributed by atoms with Gasteiger partial charge in [-0.25, -0.2) is 8.42 Å². The minimum Gasteiger partial charge on any atom is -0.345 e. The van der Waals surface area contributed by atoms with Crippen LogP contribution >= 0.6 is 0 Å². The van der Waals surface area contributed by atoms with E-state index in [1.165, 1.54) is 21.7 Å². The van der Waals surface area contributed by atoms with E-state index < -0.39 is 10.0 Å². The number of amides is 1. The number of sulfonamides is 1. The molecule has 172 valence electrons. The van der Waals surface area contributed by atoms with E-state index in [0.29, 0.717) is 11.3 Å². The first kappa shape index (κ1) is 23.1. The van der Waals surface area contributed by atoms with Crippen LogP contribution in [-0.4, -0.2) is 20.6 Å². The number of fused-ring (bicyclic) bond motifs is 1. The Kier molecular flexibility index (Phi) is 6.56. The van der Waals surface area contributed by atoms with Crippen molar-refractivity contribution < 1.29 is 13.2 Å². The molecule has 0 radical (unpaired) electrons. The number of hydrogen-bond acceptors (Lipinski definition) is 3. The Bertz CT molecular complexity index is 1270. The van der Waals surface area contributed by atoms with Crippen LogP contribution in [0, 0.1) is 13.8 Å². The SMILES string of the molecule is Cc1ccc(N(Cc2ccc(C(=O)N[C@@H]3CCCc4ccccc43)cc2)S(C)(=O)=O)cc1C. The van der Waals surface area contributed by atoms with Crippen LogP contribution in [0.1, 0.15) is 57.1 Å². The highest BCUT2D eigenvalue weighted by molar-refractivity contribution is 7.92. The standard InChI is InChI=1S/C27H30N2O3S/c1-19-11-16-24(17-20(19)2)29(33(3,31)32)18-21-12-14-23(15-13-21)27(30)28-26-10-6-8-22-7-4-5-9-25(22)26/h4-5,7,9,11-17,26H,6,8,10,18H2,1-3H3,(H,28,30)/t26-/m1/s1. The van der Waals surface area contributed by atoms with Gasteiger partial charge in [-0.1, -0.05) is 42.5 Å². The molecule has 0 fully saturated rings. The van der Waals surface area contributed by atoms with Crippen molar-refractivity contribution in [3.63, 3.8) is 0 Å². The Balaban J connectivity index is 1.49. The molecule has 0 spiro atoms. The van der Waals surface area contributed by atoms with Gasteiger partial charge in [-0.3, -0.25) is 9.10 Å². The zero-order valence-corrected chi connectivity index (χ0v) is 20.2. The third-order valence-corrected chi connectivity index (χ3v) is 7.54. The Hall–Kier alpha value is -3.12. The Morgan fingerprint density at radius 3 is 2.42 bits per heavy atom. The van der Waals surface area contributed by atoms with Crippen LogP contribution in [0.15, 0.2) is 66.7 Å². The average molecular weight is 463 g/mol. The van der Waals surface area contributed by atoms with Gasteiger partial charge in [0.05, 0.1) is 24.5 Å². The molecule has 0 unspecified atom stereocenters. The number of rotatable bonds is 6. The molecule has 1 amide bonds. The maximum atomic E-state index is 12.9. The Morgan fingerprint density at radius 2 is 1.73 bits per heavy atom. The summed E-state index contributed by atoms with van der Waals surface area (Å²) in [6.07, 6.45) is 4.25. The molecule has 3 aromatic carbocycles. The first-order valence-corrected chi connectivity index (χ1v) is 13.1. The van der Waals surface area contributed by atoms with E-state index in [0.717, 1.165) is 36.0 Å². The second-order valence-corrected chi connectivity index (χ2v) is 10.8. The van der Waals surface area contributed by atoms with Gasteiger partial charge >= 0.3 is 0 Å². The average Bonchev–Trinajstić information content (AvgIpc) is 2.79. The van der Waals surface area contributed by atoms with Gasteiger partial charge in [0.2, 0.25) is 10.0 Å². The highest BCUT2D eigenvalue weighted by Crippen LogP contribution is 2.30. The summed E-state index contributed by atoms with van der Waals surface area (Å²) in [7, 11) is -3.47. The van der Waals surface area contributed by atoms with Crippen molar-refractivity contribution in [2.24, 2.45) is 0 Å². The van der Waals surface area contributed by atoms with E-state index >= 15 is 0 Å². The third-order valence-electron chi connectivity index (χ3n) is 6.40. The van der Waals surface area contributed by atoms with Crippen LogP contribution in [0.25, 0.3) is 0 Å². The summed E-state index contributed by atoms with van der Waals surface area (Å²) in [5.74, 6) is -0.114. The van der Waals surface area contributed by atoms with Gasteiger partial charge in [0.1, 0.15) is 0 Å². The molecule has 0 saturated carbocycles. The Morgan fingerprint density at radius 1 is 1.00 bits per heavy atom. The first-order chi connectivity index (χ1) is 15.7. The summed E-state index contributed by atoms with van der Waals surface area (Å²) in [5.41, 5.74) is 6.68. The number of hydrogen-bond donors (Lipinski definition) is 1. The van der Waals surface area contributed by atoms with E-state index in [1.54, 1.807) is 12.1 Å². The number of aryl methyl sites for hydroxylation is 3. The van der Waals surface area contributed by atoms with Gasteiger partial charge in [0.15, 0.2) is 0 Å². The highest BCUT2D eigenvalue weighted by Gasteiger charge is 2.22. The molecule has 0 bridgehead atoms. The van der Waals surface area contributed by atoms with E-state index in [9.17, 15) is 13.2 Å². The molecule has 6 heteroatoms. The second kappa shape index (κ2) is 9.40. The number of carbonyl (C=O) groups is 1. The lowest BCUT2D eigenvalue weighted by Crippen LogP contribution is -2.31. The number of carbonyl (C=O) groups excluding carboxylic acids is 1.